The number of phosphoric ester groups is 1. The summed E-state index contributed by atoms with van der Waals surface area (Å²) in [5.41, 5.74) is 0. The number of phosphoric acid groups is 1. The molecule has 4 nitrogen and oxygen atoms in total. The molecule has 0 bridgehead atoms. The lowest BCUT2D eigenvalue weighted by Crippen LogP contribution is -2.21. The first-order valence-electron chi connectivity index (χ1n) is 15.8. The smallest absolute Gasteiger partial charge is 0.287 e. The van der Waals surface area contributed by atoms with Crippen molar-refractivity contribution < 1.29 is 18.1 Å². The minimum Gasteiger partial charge on any atom is -0.287 e. The zero-order chi connectivity index (χ0) is 24.9. The van der Waals surface area contributed by atoms with Gasteiger partial charge in [-0.25, -0.2) is 4.57 Å². The zero-order valence-corrected chi connectivity index (χ0v) is 24.2. The van der Waals surface area contributed by atoms with Crippen molar-refractivity contribution in [3.63, 3.8) is 0 Å². The molecule has 2 aliphatic carbocycles. The maximum absolute atomic E-state index is 13.4. The van der Waals surface area contributed by atoms with Gasteiger partial charge in [0.1, 0.15) is 0 Å². The average molecular weight is 515 g/mol. The maximum Gasteiger partial charge on any atom is 0.475 e. The fourth-order valence-corrected chi connectivity index (χ4v) is 7.29. The molecule has 5 heteroatoms. The van der Waals surface area contributed by atoms with Crippen molar-refractivity contribution in [2.45, 2.75) is 186 Å². The molecular weight excluding hydrogens is 455 g/mol. The zero-order valence-electron chi connectivity index (χ0n) is 23.3. The highest BCUT2D eigenvalue weighted by molar-refractivity contribution is 7.48. The van der Waals surface area contributed by atoms with Crippen LogP contribution in [0.5, 0.6) is 0 Å². The van der Waals surface area contributed by atoms with Crippen LogP contribution < -0.4 is 0 Å². The standard InChI is InChI=1S/C30H59O4P/c1-2-3-4-5-6-7-8-9-10-11-12-13-14-15-16-23-28-32-35(31,33-29-24-19-17-20-25-29)34-30-26-21-18-22-27-30/h29-30H,2-28H2,1H3. The summed E-state index contributed by atoms with van der Waals surface area (Å²) >= 11 is 0. The predicted octanol–water partition coefficient (Wildman–Crippen LogP) is 11.1. The van der Waals surface area contributed by atoms with Gasteiger partial charge in [0.2, 0.25) is 0 Å². The summed E-state index contributed by atoms with van der Waals surface area (Å²) in [4.78, 5) is 0. The number of rotatable bonds is 22. The molecule has 0 N–H and O–H groups in total. The molecule has 0 unspecified atom stereocenters. The van der Waals surface area contributed by atoms with Gasteiger partial charge >= 0.3 is 7.82 Å². The van der Waals surface area contributed by atoms with E-state index < -0.39 is 7.82 Å². The third kappa shape index (κ3) is 16.5. The normalized spacial score (nSPS) is 18.3. The molecule has 0 radical (unpaired) electrons. The van der Waals surface area contributed by atoms with Gasteiger partial charge in [0.15, 0.2) is 0 Å². The van der Waals surface area contributed by atoms with Crippen molar-refractivity contribution in [2.24, 2.45) is 0 Å². The minimum atomic E-state index is -3.45. The van der Waals surface area contributed by atoms with Crippen LogP contribution in [0.2, 0.25) is 0 Å². The Balaban J connectivity index is 1.46. The van der Waals surface area contributed by atoms with Gasteiger partial charge in [-0.1, -0.05) is 142 Å². The molecule has 0 aromatic rings. The summed E-state index contributed by atoms with van der Waals surface area (Å²) in [5.74, 6) is 0. The Morgan fingerprint density at radius 2 is 0.857 bits per heavy atom. The SMILES string of the molecule is CCCCCCCCCCCCCCCCCCOP(=O)(OC1CCCCC1)OC1CCCCC1. The van der Waals surface area contributed by atoms with E-state index in [0.29, 0.717) is 6.61 Å². The van der Waals surface area contributed by atoms with E-state index in [1.165, 1.54) is 103 Å². The van der Waals surface area contributed by atoms with Crippen LogP contribution in [0.1, 0.15) is 174 Å². The Kier molecular flexibility index (Phi) is 18.9. The number of hydrogen-bond donors (Lipinski definition) is 0. The van der Waals surface area contributed by atoms with E-state index in [-0.39, 0.29) is 12.2 Å². The van der Waals surface area contributed by atoms with Crippen LogP contribution in [0, 0.1) is 0 Å². The molecule has 0 atom stereocenters. The molecule has 0 aliphatic heterocycles. The monoisotopic (exact) mass is 514 g/mol. The lowest BCUT2D eigenvalue weighted by molar-refractivity contribution is 0.0297. The quantitative estimate of drug-likeness (QED) is 0.106. The van der Waals surface area contributed by atoms with Crippen LogP contribution >= 0.6 is 7.82 Å². The van der Waals surface area contributed by atoms with Gasteiger partial charge in [-0.05, 0) is 32.1 Å². The van der Waals surface area contributed by atoms with Gasteiger partial charge in [0.25, 0.3) is 0 Å². The second-order valence-electron chi connectivity index (χ2n) is 11.3. The number of hydrogen-bond acceptors (Lipinski definition) is 4. The molecule has 0 amide bonds. The number of unbranched alkanes of at least 4 members (excludes halogenated alkanes) is 15. The molecule has 0 spiro atoms. The summed E-state index contributed by atoms with van der Waals surface area (Å²) in [6.07, 6.45) is 32.8. The first-order chi connectivity index (χ1) is 17.2. The first-order valence-corrected chi connectivity index (χ1v) is 17.3. The van der Waals surface area contributed by atoms with Crippen molar-refractivity contribution in [1.29, 1.82) is 0 Å². The molecule has 0 saturated heterocycles. The second-order valence-corrected chi connectivity index (χ2v) is 12.9. The van der Waals surface area contributed by atoms with E-state index in [9.17, 15) is 4.57 Å². The Morgan fingerprint density at radius 3 is 1.23 bits per heavy atom. The fourth-order valence-electron chi connectivity index (χ4n) is 5.62. The van der Waals surface area contributed by atoms with E-state index >= 15 is 0 Å². The third-order valence-corrected chi connectivity index (χ3v) is 9.52. The minimum absolute atomic E-state index is 0.0453. The van der Waals surface area contributed by atoms with E-state index in [2.05, 4.69) is 6.92 Å². The molecule has 2 aliphatic rings. The highest BCUT2D eigenvalue weighted by Gasteiger charge is 2.35. The van der Waals surface area contributed by atoms with E-state index in [4.69, 9.17) is 13.6 Å². The highest BCUT2D eigenvalue weighted by Crippen LogP contribution is 2.54. The van der Waals surface area contributed by atoms with Crippen molar-refractivity contribution in [1.82, 2.24) is 0 Å². The molecule has 2 fully saturated rings. The molecule has 2 rings (SSSR count). The van der Waals surface area contributed by atoms with Crippen LogP contribution in [-0.4, -0.2) is 18.8 Å². The summed E-state index contributed by atoms with van der Waals surface area (Å²) < 4.78 is 31.4. The van der Waals surface area contributed by atoms with Crippen LogP contribution in [-0.2, 0) is 18.1 Å². The van der Waals surface area contributed by atoms with Crippen LogP contribution in [0.4, 0.5) is 0 Å². The summed E-state index contributed by atoms with van der Waals surface area (Å²) in [7, 11) is -3.45. The average Bonchev–Trinajstić information content (AvgIpc) is 2.87. The van der Waals surface area contributed by atoms with Crippen molar-refractivity contribution >= 4 is 7.82 Å². The van der Waals surface area contributed by atoms with Crippen molar-refractivity contribution in [2.75, 3.05) is 6.61 Å². The van der Waals surface area contributed by atoms with Crippen LogP contribution in [0.15, 0.2) is 0 Å². The van der Waals surface area contributed by atoms with E-state index in [1.54, 1.807) is 0 Å². The molecule has 208 valence electrons. The fraction of sp³-hybridized carbons (Fsp3) is 1.00. The van der Waals surface area contributed by atoms with Gasteiger partial charge < -0.3 is 0 Å². The lowest BCUT2D eigenvalue weighted by Gasteiger charge is -2.30. The molecule has 2 saturated carbocycles. The van der Waals surface area contributed by atoms with Gasteiger partial charge in [-0.2, -0.15) is 0 Å². The molecular formula is C30H59O4P. The molecule has 35 heavy (non-hydrogen) atoms. The highest BCUT2D eigenvalue weighted by atomic mass is 31.2. The van der Waals surface area contributed by atoms with E-state index in [0.717, 1.165) is 64.2 Å². The Hall–Kier alpha value is 0.110. The second kappa shape index (κ2) is 21.1. The van der Waals surface area contributed by atoms with E-state index in [1.807, 2.05) is 0 Å². The largest absolute Gasteiger partial charge is 0.475 e. The van der Waals surface area contributed by atoms with Gasteiger partial charge in [0, 0.05) is 0 Å². The van der Waals surface area contributed by atoms with Crippen LogP contribution in [0.25, 0.3) is 0 Å². The third-order valence-electron chi connectivity index (χ3n) is 7.91. The van der Waals surface area contributed by atoms with Gasteiger partial charge in [-0.15, -0.1) is 0 Å². The first kappa shape index (κ1) is 31.3. The molecule has 0 heterocycles. The van der Waals surface area contributed by atoms with Gasteiger partial charge in [-0.3, -0.25) is 13.6 Å². The Labute approximate surface area is 218 Å². The van der Waals surface area contributed by atoms with Crippen molar-refractivity contribution in [3.05, 3.63) is 0 Å². The Morgan fingerprint density at radius 1 is 0.514 bits per heavy atom. The summed E-state index contributed by atoms with van der Waals surface area (Å²) in [6, 6.07) is 0. The Bertz CT molecular complexity index is 490. The topological polar surface area (TPSA) is 44.8 Å². The summed E-state index contributed by atoms with van der Waals surface area (Å²) in [5, 5.41) is 0. The van der Waals surface area contributed by atoms with Gasteiger partial charge in [0.05, 0.1) is 18.8 Å². The van der Waals surface area contributed by atoms with Crippen LogP contribution in [0.3, 0.4) is 0 Å². The molecule has 0 aromatic heterocycles. The summed E-state index contributed by atoms with van der Waals surface area (Å²) in [6.45, 7) is 2.78. The van der Waals surface area contributed by atoms with Crippen molar-refractivity contribution in [3.8, 4) is 0 Å². The predicted molar refractivity (Wildman–Crippen MR) is 149 cm³/mol. The molecule has 0 aromatic carbocycles. The maximum atomic E-state index is 13.4. The lowest BCUT2D eigenvalue weighted by atomic mass is 9.98.